The number of nitrogens with one attached hydrogen (secondary N) is 1. The molecule has 2 aromatic carbocycles. The number of benzene rings is 2. The molecular weight excluding hydrogens is 278 g/mol. The zero-order valence-corrected chi connectivity index (χ0v) is 13.2. The summed E-state index contributed by atoms with van der Waals surface area (Å²) in [5.41, 5.74) is 3.11. The normalized spacial score (nSPS) is 10.1. The molecule has 0 heterocycles. The smallest absolute Gasteiger partial charge is 0.224 e. The van der Waals surface area contributed by atoms with Crippen molar-refractivity contribution in [3.63, 3.8) is 0 Å². The summed E-state index contributed by atoms with van der Waals surface area (Å²) < 4.78 is 10.4. The SMILES string of the molecule is COc1cc(CNC(=O)Cc2ccccc2C)cc(OC)c1. The van der Waals surface area contributed by atoms with Gasteiger partial charge in [0.1, 0.15) is 11.5 Å². The molecule has 0 saturated heterocycles. The van der Waals surface area contributed by atoms with Crippen molar-refractivity contribution in [2.75, 3.05) is 14.2 Å². The highest BCUT2D eigenvalue weighted by Crippen LogP contribution is 2.22. The van der Waals surface area contributed by atoms with E-state index in [0.29, 0.717) is 24.5 Å². The van der Waals surface area contributed by atoms with Crippen LogP contribution in [0.2, 0.25) is 0 Å². The van der Waals surface area contributed by atoms with Gasteiger partial charge in [-0.05, 0) is 35.7 Å². The fraction of sp³-hybridized carbons (Fsp3) is 0.278. The average Bonchev–Trinajstić information content (AvgIpc) is 2.54. The molecule has 2 aromatic rings. The quantitative estimate of drug-likeness (QED) is 0.892. The molecule has 0 bridgehead atoms. The number of methoxy groups -OCH3 is 2. The maximum absolute atomic E-state index is 12.1. The molecule has 0 aliphatic rings. The number of carbonyl (C=O) groups is 1. The fourth-order valence-corrected chi connectivity index (χ4v) is 2.21. The second kappa shape index (κ2) is 7.50. The van der Waals surface area contributed by atoms with Gasteiger partial charge in [0.15, 0.2) is 0 Å². The molecule has 4 heteroatoms. The lowest BCUT2D eigenvalue weighted by Crippen LogP contribution is -2.24. The van der Waals surface area contributed by atoms with Crippen LogP contribution in [0.15, 0.2) is 42.5 Å². The third-order valence-corrected chi connectivity index (χ3v) is 3.51. The van der Waals surface area contributed by atoms with Gasteiger partial charge in [-0.25, -0.2) is 0 Å². The summed E-state index contributed by atoms with van der Waals surface area (Å²) in [6.45, 7) is 2.45. The van der Waals surface area contributed by atoms with Crippen molar-refractivity contribution in [3.8, 4) is 11.5 Å². The van der Waals surface area contributed by atoms with Gasteiger partial charge in [-0.15, -0.1) is 0 Å². The van der Waals surface area contributed by atoms with Crippen LogP contribution < -0.4 is 14.8 Å². The van der Waals surface area contributed by atoms with Gasteiger partial charge in [-0.2, -0.15) is 0 Å². The first-order valence-corrected chi connectivity index (χ1v) is 7.15. The van der Waals surface area contributed by atoms with Crippen LogP contribution in [-0.4, -0.2) is 20.1 Å². The summed E-state index contributed by atoms with van der Waals surface area (Å²) in [5, 5.41) is 2.93. The molecular formula is C18H21NO3. The molecule has 0 aliphatic carbocycles. The number of ether oxygens (including phenoxy) is 2. The summed E-state index contributed by atoms with van der Waals surface area (Å²) in [4.78, 5) is 12.1. The number of hydrogen-bond donors (Lipinski definition) is 1. The van der Waals surface area contributed by atoms with E-state index in [1.807, 2.05) is 43.3 Å². The number of carbonyl (C=O) groups excluding carboxylic acids is 1. The lowest BCUT2D eigenvalue weighted by molar-refractivity contribution is -0.120. The van der Waals surface area contributed by atoms with Crippen LogP contribution in [0.1, 0.15) is 16.7 Å². The Kier molecular flexibility index (Phi) is 5.42. The highest BCUT2D eigenvalue weighted by atomic mass is 16.5. The van der Waals surface area contributed by atoms with Crippen LogP contribution >= 0.6 is 0 Å². The summed E-state index contributed by atoms with van der Waals surface area (Å²) in [6.07, 6.45) is 0.383. The van der Waals surface area contributed by atoms with Crippen LogP contribution in [-0.2, 0) is 17.8 Å². The highest BCUT2D eigenvalue weighted by Gasteiger charge is 2.07. The van der Waals surface area contributed by atoms with E-state index < -0.39 is 0 Å². The molecule has 2 rings (SSSR count). The minimum absolute atomic E-state index is 0.00362. The van der Waals surface area contributed by atoms with Gasteiger partial charge in [0.25, 0.3) is 0 Å². The number of hydrogen-bond acceptors (Lipinski definition) is 3. The van der Waals surface area contributed by atoms with Gasteiger partial charge in [-0.1, -0.05) is 24.3 Å². The number of amides is 1. The molecule has 0 unspecified atom stereocenters. The fourth-order valence-electron chi connectivity index (χ4n) is 2.21. The zero-order chi connectivity index (χ0) is 15.9. The van der Waals surface area contributed by atoms with Crippen LogP contribution in [0, 0.1) is 6.92 Å². The maximum atomic E-state index is 12.1. The standard InChI is InChI=1S/C18H21NO3/c1-13-6-4-5-7-15(13)10-18(20)19-12-14-8-16(21-2)11-17(9-14)22-3/h4-9,11H,10,12H2,1-3H3,(H,19,20). The maximum Gasteiger partial charge on any atom is 0.224 e. The summed E-state index contributed by atoms with van der Waals surface area (Å²) >= 11 is 0. The van der Waals surface area contributed by atoms with Gasteiger partial charge >= 0.3 is 0 Å². The Hall–Kier alpha value is -2.49. The Labute approximate surface area is 131 Å². The summed E-state index contributed by atoms with van der Waals surface area (Å²) in [6, 6.07) is 13.5. The zero-order valence-electron chi connectivity index (χ0n) is 13.2. The highest BCUT2D eigenvalue weighted by molar-refractivity contribution is 5.78. The van der Waals surface area contributed by atoms with Crippen molar-refractivity contribution < 1.29 is 14.3 Å². The predicted molar refractivity (Wildman–Crippen MR) is 86.3 cm³/mol. The lowest BCUT2D eigenvalue weighted by atomic mass is 10.1. The first-order valence-electron chi connectivity index (χ1n) is 7.15. The van der Waals surface area contributed by atoms with E-state index in [1.165, 1.54) is 0 Å². The Bertz CT molecular complexity index is 630. The predicted octanol–water partition coefficient (Wildman–Crippen LogP) is 2.87. The van der Waals surface area contributed by atoms with Crippen molar-refractivity contribution in [1.82, 2.24) is 5.32 Å². The van der Waals surface area contributed by atoms with E-state index in [1.54, 1.807) is 20.3 Å². The lowest BCUT2D eigenvalue weighted by Gasteiger charge is -2.10. The molecule has 1 N–H and O–H groups in total. The molecule has 0 fully saturated rings. The first-order chi connectivity index (χ1) is 10.6. The van der Waals surface area contributed by atoms with Crippen LogP contribution in [0.3, 0.4) is 0 Å². The topological polar surface area (TPSA) is 47.6 Å². The van der Waals surface area contributed by atoms with E-state index in [0.717, 1.165) is 16.7 Å². The van der Waals surface area contributed by atoms with Crippen LogP contribution in [0.5, 0.6) is 11.5 Å². The van der Waals surface area contributed by atoms with E-state index in [-0.39, 0.29) is 5.91 Å². The third-order valence-electron chi connectivity index (χ3n) is 3.51. The van der Waals surface area contributed by atoms with Crippen LogP contribution in [0.4, 0.5) is 0 Å². The largest absolute Gasteiger partial charge is 0.497 e. The van der Waals surface area contributed by atoms with Gasteiger partial charge in [-0.3, -0.25) is 4.79 Å². The van der Waals surface area contributed by atoms with Gasteiger partial charge in [0.05, 0.1) is 20.6 Å². The molecule has 0 aliphatic heterocycles. The molecule has 0 spiro atoms. The van der Waals surface area contributed by atoms with E-state index in [4.69, 9.17) is 9.47 Å². The molecule has 0 atom stereocenters. The van der Waals surface area contributed by atoms with E-state index in [9.17, 15) is 4.79 Å². The van der Waals surface area contributed by atoms with Gasteiger partial charge in [0, 0.05) is 12.6 Å². The minimum atomic E-state index is -0.00362. The van der Waals surface area contributed by atoms with Crippen LogP contribution in [0.25, 0.3) is 0 Å². The molecule has 4 nitrogen and oxygen atoms in total. The Balaban J connectivity index is 1.98. The summed E-state index contributed by atoms with van der Waals surface area (Å²) in [7, 11) is 3.21. The number of aryl methyl sites for hydroxylation is 1. The molecule has 0 saturated carbocycles. The molecule has 1 amide bonds. The second-order valence-corrected chi connectivity index (χ2v) is 5.10. The molecule has 22 heavy (non-hydrogen) atoms. The van der Waals surface area contributed by atoms with Crippen molar-refractivity contribution in [2.45, 2.75) is 19.9 Å². The van der Waals surface area contributed by atoms with E-state index in [2.05, 4.69) is 5.32 Å². The monoisotopic (exact) mass is 299 g/mol. The summed E-state index contributed by atoms with van der Waals surface area (Å²) in [5.74, 6) is 1.42. The average molecular weight is 299 g/mol. The second-order valence-electron chi connectivity index (χ2n) is 5.10. The molecule has 116 valence electrons. The first kappa shape index (κ1) is 15.9. The van der Waals surface area contributed by atoms with Crippen molar-refractivity contribution in [1.29, 1.82) is 0 Å². The Morgan fingerprint density at radius 2 is 1.68 bits per heavy atom. The van der Waals surface area contributed by atoms with Gasteiger partial charge < -0.3 is 14.8 Å². The van der Waals surface area contributed by atoms with Crippen molar-refractivity contribution in [2.24, 2.45) is 0 Å². The Morgan fingerprint density at radius 1 is 1.05 bits per heavy atom. The minimum Gasteiger partial charge on any atom is -0.497 e. The Morgan fingerprint density at radius 3 is 2.27 bits per heavy atom. The van der Waals surface area contributed by atoms with Gasteiger partial charge in [0.2, 0.25) is 5.91 Å². The molecule has 0 radical (unpaired) electrons. The van der Waals surface area contributed by atoms with Crippen molar-refractivity contribution >= 4 is 5.91 Å². The third kappa shape index (κ3) is 4.25. The molecule has 0 aromatic heterocycles. The number of rotatable bonds is 6. The van der Waals surface area contributed by atoms with Crippen molar-refractivity contribution in [3.05, 3.63) is 59.2 Å². The van der Waals surface area contributed by atoms with E-state index >= 15 is 0 Å².